The molecule has 1 unspecified atom stereocenters. The number of carbonyl (C=O) groups excluding carboxylic acids is 4. The highest BCUT2D eigenvalue weighted by atomic mass is 16.5. The average molecular weight is 839 g/mol. The molecule has 3 aliphatic carbocycles. The maximum absolute atomic E-state index is 14.0. The quantitative estimate of drug-likeness (QED) is 0.106. The van der Waals surface area contributed by atoms with Crippen LogP contribution in [0.15, 0.2) is 73.1 Å². The number of fused-ring (bicyclic) bond motifs is 3. The van der Waals surface area contributed by atoms with Crippen molar-refractivity contribution in [1.29, 1.82) is 0 Å². The standard InChI is InChI=1S/C48H54N8O6/c1-22(2)37(53-46(59)61-7)44(57)55-34(19-31-24(5)39(31)55)42-49-20-32(51-42)26-11-9-25(10-12-26)27-13-14-29-18-30(16-15-28(29)17-27)33-21-50-43(52-33)40-35-36-41(48(35,36)6)56(40)45(58)38(23(3)4)54-47(60)62-8/h9-18,20-24,31,34-41H,19H2,1-8H3,(H,49,51)(H,50,52)(H,53,59)(H,54,60)/t24-,31+,34+,35?,36-,37+,38+,39-,40+,41+,48-/m1/s1. The van der Waals surface area contributed by atoms with Gasteiger partial charge in [-0.1, -0.05) is 90.1 Å². The lowest BCUT2D eigenvalue weighted by molar-refractivity contribution is -0.137. The number of alkyl carbamates (subject to hydrolysis) is 2. The first kappa shape index (κ1) is 39.9. The summed E-state index contributed by atoms with van der Waals surface area (Å²) < 4.78 is 9.66. The number of ether oxygens (including phenoxy) is 2. The summed E-state index contributed by atoms with van der Waals surface area (Å²) in [6.07, 6.45) is 3.31. The molecule has 4 amide bonds. The van der Waals surface area contributed by atoms with E-state index in [1.165, 1.54) is 14.2 Å². The number of rotatable bonds is 11. The Morgan fingerprint density at radius 3 is 1.81 bits per heavy atom. The van der Waals surface area contributed by atoms with Crippen molar-refractivity contribution >= 4 is 34.8 Å². The molecule has 62 heavy (non-hydrogen) atoms. The van der Waals surface area contributed by atoms with Gasteiger partial charge in [-0.25, -0.2) is 19.6 Å². The number of hydrogen-bond acceptors (Lipinski definition) is 8. The first-order valence-electron chi connectivity index (χ1n) is 21.8. The molecule has 14 heteroatoms. The van der Waals surface area contributed by atoms with Gasteiger partial charge in [0.2, 0.25) is 11.8 Å². The van der Waals surface area contributed by atoms with Crippen LogP contribution in [0.4, 0.5) is 9.59 Å². The third-order valence-electron chi connectivity index (χ3n) is 14.9. The summed E-state index contributed by atoms with van der Waals surface area (Å²) in [5.74, 6) is 2.81. The molecule has 3 aromatic carbocycles. The molecule has 0 spiro atoms. The van der Waals surface area contributed by atoms with Crippen LogP contribution in [0.1, 0.15) is 71.7 Å². The Morgan fingerprint density at radius 2 is 1.21 bits per heavy atom. The van der Waals surface area contributed by atoms with E-state index in [-0.39, 0.29) is 53.2 Å². The SMILES string of the molecule is COC(=O)N[C@H](C(=O)N1[C@H](c2ncc(-c3ccc4cc(-c5ccc(-c6cnc([C@@H]7C[C@H]8[C@@H](C)[C@H]8N7C(=O)[C@@H](NC(=O)OC)C(C)C)[nH]6)cc5)ccc4c3)[nH]2)C2[C@@H]3[C@H]1[C@]23C)C(C)C. The van der Waals surface area contributed by atoms with E-state index >= 15 is 0 Å². The smallest absolute Gasteiger partial charge is 0.407 e. The molecule has 322 valence electrons. The lowest BCUT2D eigenvalue weighted by atomic mass is 9.98. The molecule has 14 nitrogen and oxygen atoms in total. The van der Waals surface area contributed by atoms with Crippen molar-refractivity contribution < 1.29 is 28.7 Å². The molecule has 4 N–H and O–H groups in total. The number of aromatic amines is 2. The molecule has 2 bridgehead atoms. The molecule has 2 aromatic heterocycles. The highest BCUT2D eigenvalue weighted by Gasteiger charge is 2.94. The van der Waals surface area contributed by atoms with Crippen molar-refractivity contribution in [1.82, 2.24) is 40.4 Å². The maximum Gasteiger partial charge on any atom is 0.407 e. The zero-order valence-electron chi connectivity index (χ0n) is 36.3. The summed E-state index contributed by atoms with van der Waals surface area (Å²) in [6.45, 7) is 12.2. The fourth-order valence-corrected chi connectivity index (χ4v) is 11.3. The summed E-state index contributed by atoms with van der Waals surface area (Å²) in [5, 5.41) is 7.73. The summed E-state index contributed by atoms with van der Waals surface area (Å²) in [5.41, 5.74) is 6.08. The number of H-pyrrole nitrogens is 2. The fourth-order valence-electron chi connectivity index (χ4n) is 11.3. The normalized spacial score (nSPS) is 28.4. The number of amides is 4. The molecule has 6 fully saturated rings. The molecule has 5 aromatic rings. The molecule has 6 aliphatic rings. The minimum Gasteiger partial charge on any atom is -0.453 e. The van der Waals surface area contributed by atoms with Gasteiger partial charge < -0.3 is 39.9 Å². The summed E-state index contributed by atoms with van der Waals surface area (Å²) in [7, 11) is 2.62. The number of benzene rings is 3. The second-order valence-corrected chi connectivity index (χ2v) is 19.0. The van der Waals surface area contributed by atoms with E-state index in [0.717, 1.165) is 62.5 Å². The van der Waals surface area contributed by atoms with Gasteiger partial charge in [-0.05, 0) is 86.9 Å². The van der Waals surface area contributed by atoms with Gasteiger partial charge in [0.15, 0.2) is 0 Å². The van der Waals surface area contributed by atoms with Crippen LogP contribution in [-0.2, 0) is 19.1 Å². The van der Waals surface area contributed by atoms with E-state index in [9.17, 15) is 19.2 Å². The highest BCUT2D eigenvalue weighted by Crippen LogP contribution is 2.90. The van der Waals surface area contributed by atoms with Gasteiger partial charge >= 0.3 is 12.2 Å². The van der Waals surface area contributed by atoms with Crippen molar-refractivity contribution in [2.45, 2.75) is 84.2 Å². The Bertz CT molecular complexity index is 2620. The zero-order valence-corrected chi connectivity index (χ0v) is 36.3. The van der Waals surface area contributed by atoms with Gasteiger partial charge in [0.25, 0.3) is 0 Å². The van der Waals surface area contributed by atoms with Crippen LogP contribution in [-0.4, -0.2) is 92.1 Å². The Balaban J connectivity index is 0.833. The second kappa shape index (κ2) is 14.5. The average Bonchev–Trinajstić information content (AvgIpc) is 3.81. The summed E-state index contributed by atoms with van der Waals surface area (Å²) in [4.78, 5) is 72.9. The fraction of sp³-hybridized carbons (Fsp3) is 0.458. The van der Waals surface area contributed by atoms with Crippen LogP contribution < -0.4 is 10.6 Å². The van der Waals surface area contributed by atoms with Crippen LogP contribution in [0.3, 0.4) is 0 Å². The van der Waals surface area contributed by atoms with Crippen molar-refractivity contribution in [2.75, 3.05) is 14.2 Å². The van der Waals surface area contributed by atoms with E-state index in [0.29, 0.717) is 23.7 Å². The van der Waals surface area contributed by atoms with Crippen LogP contribution in [0, 0.1) is 40.9 Å². The van der Waals surface area contributed by atoms with Gasteiger partial charge in [-0.3, -0.25) is 9.59 Å². The van der Waals surface area contributed by atoms with Gasteiger partial charge in [-0.2, -0.15) is 0 Å². The molecular formula is C48H54N8O6. The van der Waals surface area contributed by atoms with Crippen molar-refractivity contribution in [3.8, 4) is 33.6 Å². The summed E-state index contributed by atoms with van der Waals surface area (Å²) in [6, 6.07) is 19.9. The Hall–Kier alpha value is -6.18. The molecule has 11 rings (SSSR count). The van der Waals surface area contributed by atoms with Gasteiger partial charge in [-0.15, -0.1) is 0 Å². The van der Waals surface area contributed by atoms with Gasteiger partial charge in [0.1, 0.15) is 23.7 Å². The van der Waals surface area contributed by atoms with Crippen molar-refractivity contribution in [3.05, 3.63) is 84.7 Å². The Kier molecular flexibility index (Phi) is 9.31. The van der Waals surface area contributed by atoms with Gasteiger partial charge in [0, 0.05) is 17.6 Å². The van der Waals surface area contributed by atoms with E-state index in [1.807, 2.05) is 49.9 Å². The van der Waals surface area contributed by atoms with Crippen LogP contribution in [0.5, 0.6) is 0 Å². The number of carbonyl (C=O) groups is 4. The molecule has 5 heterocycles. The van der Waals surface area contributed by atoms with Crippen LogP contribution in [0.2, 0.25) is 0 Å². The first-order chi connectivity index (χ1) is 29.7. The third kappa shape index (κ3) is 6.18. The molecular weight excluding hydrogens is 785 g/mol. The number of nitrogens with zero attached hydrogens (tertiary/aromatic N) is 4. The minimum absolute atomic E-state index is 0.0849. The van der Waals surface area contributed by atoms with Crippen molar-refractivity contribution in [3.63, 3.8) is 0 Å². The van der Waals surface area contributed by atoms with E-state index in [4.69, 9.17) is 19.4 Å². The molecule has 3 saturated heterocycles. The van der Waals surface area contributed by atoms with E-state index < -0.39 is 24.3 Å². The number of aromatic nitrogens is 4. The number of likely N-dealkylation sites (tertiary alicyclic amines) is 1. The van der Waals surface area contributed by atoms with E-state index in [2.05, 4.69) is 95.1 Å². The lowest BCUT2D eigenvalue weighted by Crippen LogP contribution is -2.52. The predicted molar refractivity (Wildman–Crippen MR) is 232 cm³/mol. The largest absolute Gasteiger partial charge is 0.453 e. The third-order valence-corrected chi connectivity index (χ3v) is 14.9. The topological polar surface area (TPSA) is 175 Å². The number of imidazole rings is 2. The van der Waals surface area contributed by atoms with Crippen molar-refractivity contribution in [2.24, 2.45) is 40.9 Å². The highest BCUT2D eigenvalue weighted by molar-refractivity contribution is 5.91. The Morgan fingerprint density at radius 1 is 0.710 bits per heavy atom. The predicted octanol–water partition coefficient (Wildman–Crippen LogP) is 7.47. The molecule has 3 aliphatic heterocycles. The lowest BCUT2D eigenvalue weighted by Gasteiger charge is -2.32. The van der Waals surface area contributed by atoms with Crippen LogP contribution >= 0.6 is 0 Å². The minimum atomic E-state index is -0.688. The number of piperidine rings is 2. The maximum atomic E-state index is 14.0. The molecule has 3 saturated carbocycles. The monoisotopic (exact) mass is 838 g/mol. The summed E-state index contributed by atoms with van der Waals surface area (Å²) >= 11 is 0. The van der Waals surface area contributed by atoms with Crippen LogP contribution in [0.25, 0.3) is 44.4 Å². The van der Waals surface area contributed by atoms with E-state index in [1.54, 1.807) is 0 Å². The molecule has 0 radical (unpaired) electrons. The number of nitrogens with one attached hydrogen (secondary N) is 4. The Labute approximate surface area is 360 Å². The second-order valence-electron chi connectivity index (χ2n) is 19.0. The molecule has 11 atom stereocenters. The zero-order chi connectivity index (χ0) is 43.5. The van der Waals surface area contributed by atoms with Gasteiger partial charge in [0.05, 0.1) is 50.1 Å². The number of methoxy groups -OCH3 is 2. The first-order valence-corrected chi connectivity index (χ1v) is 21.8. The number of hydrogen-bond donors (Lipinski definition) is 4.